The molecule has 0 spiro atoms. The molecule has 108 valence electrons. The number of benzene rings is 1. The highest BCUT2D eigenvalue weighted by Crippen LogP contribution is 2.40. The van der Waals surface area contributed by atoms with Gasteiger partial charge in [0, 0.05) is 41.0 Å². The van der Waals surface area contributed by atoms with Crippen molar-refractivity contribution in [2.24, 2.45) is 0 Å². The van der Waals surface area contributed by atoms with Crippen molar-refractivity contribution in [1.29, 1.82) is 0 Å². The molecule has 2 aliphatic rings. The van der Waals surface area contributed by atoms with Gasteiger partial charge in [0.15, 0.2) is 0 Å². The van der Waals surface area contributed by atoms with Crippen molar-refractivity contribution in [3.8, 4) is 0 Å². The first-order chi connectivity index (χ1) is 9.56. The number of Topliss-reactive ketones (excluding diaryl/α,β-unsaturated/α-hetero) is 1. The lowest BCUT2D eigenvalue weighted by Crippen LogP contribution is -2.53. The van der Waals surface area contributed by atoms with Crippen LogP contribution in [-0.2, 0) is 4.79 Å². The molecule has 0 aromatic heterocycles. The molecule has 0 amide bonds. The molecule has 2 nitrogen and oxygen atoms in total. The molecule has 0 saturated carbocycles. The Bertz CT molecular complexity index is 515. The Hall–Kier alpha value is -0.570. The van der Waals surface area contributed by atoms with Crippen LogP contribution < -0.4 is 0 Å². The van der Waals surface area contributed by atoms with Gasteiger partial charge in [-0.25, -0.2) is 0 Å². The van der Waals surface area contributed by atoms with Crippen LogP contribution in [0.1, 0.15) is 50.6 Å². The maximum Gasteiger partial charge on any atom is 0.136 e. The van der Waals surface area contributed by atoms with Gasteiger partial charge in [-0.1, -0.05) is 35.7 Å². The van der Waals surface area contributed by atoms with Gasteiger partial charge < -0.3 is 0 Å². The Morgan fingerprint density at radius 3 is 2.45 bits per heavy atom. The summed E-state index contributed by atoms with van der Waals surface area (Å²) in [5.74, 6) is 0.422. The number of piperidine rings is 2. The second-order valence-corrected chi connectivity index (χ2v) is 6.82. The third-order valence-corrected chi connectivity index (χ3v) is 5.27. The number of carbonyl (C=O) groups is 1. The van der Waals surface area contributed by atoms with E-state index in [2.05, 4.69) is 11.8 Å². The first-order valence-corrected chi connectivity index (χ1v) is 8.06. The molecule has 0 aliphatic carbocycles. The number of ketones is 1. The molecule has 2 fully saturated rings. The van der Waals surface area contributed by atoms with E-state index < -0.39 is 0 Å². The molecule has 2 heterocycles. The molecular weight excluding hydrogens is 293 g/mol. The van der Waals surface area contributed by atoms with Gasteiger partial charge in [0.2, 0.25) is 0 Å². The standard InChI is InChI=1S/C16H19Cl2NO/c1-10(15-6-5-11(17)7-16(15)18)19-12-3-2-4-13(19)9-14(20)8-12/h5-7,10,12-13H,2-4,8-9H2,1H3. The van der Waals surface area contributed by atoms with Gasteiger partial charge >= 0.3 is 0 Å². The van der Waals surface area contributed by atoms with Crippen LogP contribution in [0.15, 0.2) is 18.2 Å². The Kier molecular flexibility index (Phi) is 4.07. The third-order valence-electron chi connectivity index (χ3n) is 4.70. The van der Waals surface area contributed by atoms with Gasteiger partial charge in [0.1, 0.15) is 5.78 Å². The highest BCUT2D eigenvalue weighted by molar-refractivity contribution is 6.35. The molecule has 0 N–H and O–H groups in total. The number of hydrogen-bond acceptors (Lipinski definition) is 2. The lowest BCUT2D eigenvalue weighted by molar-refractivity contribution is -0.128. The zero-order valence-corrected chi connectivity index (χ0v) is 13.1. The molecule has 2 aliphatic heterocycles. The molecule has 1 aromatic carbocycles. The van der Waals surface area contributed by atoms with E-state index in [0.29, 0.717) is 35.7 Å². The summed E-state index contributed by atoms with van der Waals surface area (Å²) in [7, 11) is 0. The number of nitrogens with zero attached hydrogens (tertiary/aromatic N) is 1. The second kappa shape index (κ2) is 5.67. The van der Waals surface area contributed by atoms with Crippen molar-refractivity contribution >= 4 is 29.0 Å². The Morgan fingerprint density at radius 2 is 1.85 bits per heavy atom. The molecule has 2 saturated heterocycles. The second-order valence-electron chi connectivity index (χ2n) is 5.97. The zero-order valence-electron chi connectivity index (χ0n) is 11.6. The number of fused-ring (bicyclic) bond motifs is 2. The molecule has 3 rings (SSSR count). The van der Waals surface area contributed by atoms with E-state index in [1.165, 1.54) is 6.42 Å². The van der Waals surface area contributed by atoms with Crippen LogP contribution in [0.5, 0.6) is 0 Å². The zero-order chi connectivity index (χ0) is 14.3. The summed E-state index contributed by atoms with van der Waals surface area (Å²) in [5.41, 5.74) is 1.11. The predicted molar refractivity (Wildman–Crippen MR) is 82.4 cm³/mol. The highest BCUT2D eigenvalue weighted by atomic mass is 35.5. The van der Waals surface area contributed by atoms with Gasteiger partial charge in [0.25, 0.3) is 0 Å². The van der Waals surface area contributed by atoms with Crippen molar-refractivity contribution < 1.29 is 4.79 Å². The number of halogens is 2. The van der Waals surface area contributed by atoms with Crippen molar-refractivity contribution in [1.82, 2.24) is 4.90 Å². The van der Waals surface area contributed by atoms with Crippen molar-refractivity contribution in [3.05, 3.63) is 33.8 Å². The van der Waals surface area contributed by atoms with Gasteiger partial charge in [-0.3, -0.25) is 9.69 Å². The minimum absolute atomic E-state index is 0.239. The fourth-order valence-electron chi connectivity index (χ4n) is 3.84. The van der Waals surface area contributed by atoms with Crippen molar-refractivity contribution in [2.75, 3.05) is 0 Å². The third kappa shape index (κ3) is 2.61. The van der Waals surface area contributed by atoms with E-state index in [4.69, 9.17) is 23.2 Å². The molecule has 2 bridgehead atoms. The lowest BCUT2D eigenvalue weighted by atomic mass is 9.82. The minimum Gasteiger partial charge on any atom is -0.300 e. The first-order valence-electron chi connectivity index (χ1n) is 7.30. The normalized spacial score (nSPS) is 28.4. The Morgan fingerprint density at radius 1 is 1.20 bits per heavy atom. The van der Waals surface area contributed by atoms with Crippen LogP contribution in [0.25, 0.3) is 0 Å². The summed E-state index contributed by atoms with van der Waals surface area (Å²) in [6.45, 7) is 2.19. The molecule has 3 atom stereocenters. The molecule has 1 aromatic rings. The van der Waals surface area contributed by atoms with E-state index in [1.807, 2.05) is 12.1 Å². The van der Waals surface area contributed by atoms with Crippen LogP contribution >= 0.6 is 23.2 Å². The molecule has 3 unspecified atom stereocenters. The minimum atomic E-state index is 0.239. The van der Waals surface area contributed by atoms with Crippen LogP contribution in [0.4, 0.5) is 0 Å². The summed E-state index contributed by atoms with van der Waals surface area (Å²) < 4.78 is 0. The topological polar surface area (TPSA) is 20.3 Å². The SMILES string of the molecule is CC(c1ccc(Cl)cc1Cl)N1C2CCCC1CC(=O)C2. The number of hydrogen-bond donors (Lipinski definition) is 0. The van der Waals surface area contributed by atoms with Crippen molar-refractivity contribution in [2.45, 2.75) is 57.2 Å². The van der Waals surface area contributed by atoms with Gasteiger partial charge in [-0.2, -0.15) is 0 Å². The fourth-order valence-corrected chi connectivity index (χ4v) is 4.41. The van der Waals surface area contributed by atoms with E-state index in [-0.39, 0.29) is 6.04 Å². The van der Waals surface area contributed by atoms with Gasteiger partial charge in [-0.05, 0) is 37.5 Å². The summed E-state index contributed by atoms with van der Waals surface area (Å²) in [4.78, 5) is 14.3. The van der Waals surface area contributed by atoms with Crippen molar-refractivity contribution in [3.63, 3.8) is 0 Å². The summed E-state index contributed by atoms with van der Waals surface area (Å²) in [6.07, 6.45) is 4.88. The van der Waals surface area contributed by atoms with E-state index in [1.54, 1.807) is 6.07 Å². The lowest BCUT2D eigenvalue weighted by Gasteiger charge is -2.48. The fraction of sp³-hybridized carbons (Fsp3) is 0.562. The molecule has 0 radical (unpaired) electrons. The summed E-state index contributed by atoms with van der Waals surface area (Å²) in [5, 5.41) is 1.39. The molecular formula is C16H19Cl2NO. The summed E-state index contributed by atoms with van der Waals surface area (Å²) >= 11 is 12.3. The van der Waals surface area contributed by atoms with Crippen LogP contribution in [0.2, 0.25) is 10.0 Å². The monoisotopic (exact) mass is 311 g/mol. The van der Waals surface area contributed by atoms with Crippen LogP contribution in [0, 0.1) is 0 Å². The van der Waals surface area contributed by atoms with E-state index >= 15 is 0 Å². The average Bonchev–Trinajstić information content (AvgIpc) is 2.36. The number of carbonyl (C=O) groups excluding carboxylic acids is 1. The van der Waals surface area contributed by atoms with Crippen LogP contribution in [0.3, 0.4) is 0 Å². The van der Waals surface area contributed by atoms with Crippen LogP contribution in [-0.4, -0.2) is 22.8 Å². The maximum atomic E-state index is 11.8. The Labute approximate surface area is 130 Å². The largest absolute Gasteiger partial charge is 0.300 e. The quantitative estimate of drug-likeness (QED) is 0.793. The smallest absolute Gasteiger partial charge is 0.136 e. The highest BCUT2D eigenvalue weighted by Gasteiger charge is 2.40. The molecule has 4 heteroatoms. The Balaban J connectivity index is 1.89. The average molecular weight is 312 g/mol. The first kappa shape index (κ1) is 14.4. The van der Waals surface area contributed by atoms with E-state index in [9.17, 15) is 4.79 Å². The predicted octanol–water partition coefficient (Wildman–Crippen LogP) is 4.64. The number of rotatable bonds is 2. The van der Waals surface area contributed by atoms with E-state index in [0.717, 1.165) is 23.4 Å². The summed E-state index contributed by atoms with van der Waals surface area (Å²) in [6, 6.07) is 6.72. The maximum absolute atomic E-state index is 11.8. The van der Waals surface area contributed by atoms with Gasteiger partial charge in [0.05, 0.1) is 0 Å². The van der Waals surface area contributed by atoms with Gasteiger partial charge in [-0.15, -0.1) is 0 Å². The molecule has 20 heavy (non-hydrogen) atoms.